The molecule has 0 spiro atoms. The molecule has 2 heterocycles. The first-order valence-corrected chi connectivity index (χ1v) is 9.48. The molecule has 3 aromatic rings. The van der Waals surface area contributed by atoms with Crippen LogP contribution in [0.1, 0.15) is 6.42 Å². The van der Waals surface area contributed by atoms with Gasteiger partial charge in [-0.1, -0.05) is 11.9 Å². The molecule has 13 heteroatoms. The Bertz CT molecular complexity index is 1080. The number of nitrogen functional groups attached to an aromatic ring is 1. The van der Waals surface area contributed by atoms with Gasteiger partial charge in [-0.05, 0) is 18.2 Å². The predicted octanol–water partition coefficient (Wildman–Crippen LogP) is 5.34. The van der Waals surface area contributed by atoms with E-state index in [-0.39, 0.29) is 23.1 Å². The van der Waals surface area contributed by atoms with E-state index in [9.17, 15) is 26.3 Å². The minimum Gasteiger partial charge on any atom is -0.435 e. The van der Waals surface area contributed by atoms with Gasteiger partial charge in [0.25, 0.3) is 0 Å². The summed E-state index contributed by atoms with van der Waals surface area (Å²) in [5, 5.41) is 0. The minimum absolute atomic E-state index is 0.0472. The summed E-state index contributed by atoms with van der Waals surface area (Å²) in [6.07, 6.45) is -2.94. The normalized spacial score (nSPS) is 11.4. The first-order valence-electron chi connectivity index (χ1n) is 8.49. The molecule has 0 saturated heterocycles. The lowest BCUT2D eigenvalue weighted by atomic mass is 10.2. The van der Waals surface area contributed by atoms with E-state index in [4.69, 9.17) is 10.5 Å². The number of alkyl halides is 3. The Morgan fingerprint density at radius 2 is 1.84 bits per heavy atom. The number of benzene rings is 1. The molecule has 1 aromatic carbocycles. The number of nitrogens with one attached hydrogen (secondary N) is 1. The van der Waals surface area contributed by atoms with Gasteiger partial charge in [-0.25, -0.2) is 23.7 Å². The van der Waals surface area contributed by atoms with Crippen molar-refractivity contribution >= 4 is 23.6 Å². The van der Waals surface area contributed by atoms with Crippen LogP contribution in [-0.2, 0) is 0 Å². The Morgan fingerprint density at radius 1 is 1.06 bits per heavy atom. The van der Waals surface area contributed by atoms with E-state index >= 15 is 0 Å². The van der Waals surface area contributed by atoms with Crippen molar-refractivity contribution in [1.29, 1.82) is 0 Å². The molecular formula is C18H13F6N5OS. The number of nitrogens with two attached hydrogens (primary N) is 1. The van der Waals surface area contributed by atoms with E-state index in [0.717, 1.165) is 0 Å². The molecule has 2 aromatic heterocycles. The van der Waals surface area contributed by atoms with Crippen LogP contribution < -0.4 is 15.2 Å². The molecule has 0 amide bonds. The van der Waals surface area contributed by atoms with Crippen molar-refractivity contribution in [3.8, 4) is 22.9 Å². The Balaban J connectivity index is 1.84. The zero-order valence-electron chi connectivity index (χ0n) is 15.4. The van der Waals surface area contributed by atoms with Gasteiger partial charge >= 0.3 is 6.18 Å². The highest BCUT2D eigenvalue weighted by atomic mass is 32.2. The number of rotatable bonds is 7. The van der Waals surface area contributed by atoms with Crippen LogP contribution in [0.2, 0.25) is 0 Å². The molecule has 0 aliphatic carbocycles. The molecular weight excluding hydrogens is 448 g/mol. The second kappa shape index (κ2) is 9.29. The quantitative estimate of drug-likeness (QED) is 0.213. The van der Waals surface area contributed by atoms with E-state index in [1.165, 1.54) is 30.6 Å². The Kier molecular flexibility index (Phi) is 6.73. The van der Waals surface area contributed by atoms with Gasteiger partial charge in [0.2, 0.25) is 17.6 Å². The third-order valence-electron chi connectivity index (χ3n) is 3.71. The average molecular weight is 461 g/mol. The monoisotopic (exact) mass is 461 g/mol. The number of pyridine rings is 1. The number of aromatic nitrogens is 3. The summed E-state index contributed by atoms with van der Waals surface area (Å²) < 4.78 is 86.8. The molecule has 0 bridgehead atoms. The highest BCUT2D eigenvalue weighted by Crippen LogP contribution is 2.36. The predicted molar refractivity (Wildman–Crippen MR) is 103 cm³/mol. The molecule has 0 atom stereocenters. The van der Waals surface area contributed by atoms with Crippen molar-refractivity contribution in [2.75, 3.05) is 16.2 Å². The third-order valence-corrected chi connectivity index (χ3v) is 4.47. The number of hydrogen-bond acceptors (Lipinski definition) is 7. The first-order chi connectivity index (χ1) is 14.7. The Morgan fingerprint density at radius 3 is 2.55 bits per heavy atom. The lowest BCUT2D eigenvalue weighted by Crippen LogP contribution is -2.09. The lowest BCUT2D eigenvalue weighted by Gasteiger charge is -2.14. The molecule has 0 saturated carbocycles. The zero-order chi connectivity index (χ0) is 22.6. The maximum Gasteiger partial charge on any atom is 0.389 e. The minimum atomic E-state index is -4.43. The molecule has 0 radical (unpaired) electrons. The van der Waals surface area contributed by atoms with Crippen molar-refractivity contribution in [3.05, 3.63) is 54.1 Å². The van der Waals surface area contributed by atoms with Crippen molar-refractivity contribution in [1.82, 2.24) is 15.0 Å². The number of halogens is 6. The van der Waals surface area contributed by atoms with Gasteiger partial charge in [0.15, 0.2) is 17.4 Å². The lowest BCUT2D eigenvalue weighted by molar-refractivity contribution is -0.129. The topological polar surface area (TPSA) is 86.0 Å². The smallest absolute Gasteiger partial charge is 0.389 e. The largest absolute Gasteiger partial charge is 0.435 e. The number of hydrogen-bond donors (Lipinski definition) is 2. The van der Waals surface area contributed by atoms with E-state index < -0.39 is 47.2 Å². The van der Waals surface area contributed by atoms with Gasteiger partial charge in [-0.3, -0.25) is 0 Å². The van der Waals surface area contributed by atoms with Crippen LogP contribution in [0, 0.1) is 17.5 Å². The first kappa shape index (κ1) is 22.5. The fourth-order valence-corrected chi connectivity index (χ4v) is 3.09. The summed E-state index contributed by atoms with van der Waals surface area (Å²) in [4.78, 5) is 11.7. The molecule has 3 rings (SSSR count). The molecule has 31 heavy (non-hydrogen) atoms. The zero-order valence-corrected chi connectivity index (χ0v) is 16.2. The van der Waals surface area contributed by atoms with Gasteiger partial charge in [-0.2, -0.15) is 17.6 Å². The van der Waals surface area contributed by atoms with Gasteiger partial charge in [0.1, 0.15) is 5.69 Å². The summed E-state index contributed by atoms with van der Waals surface area (Å²) in [5.41, 5.74) is 5.14. The van der Waals surface area contributed by atoms with Gasteiger partial charge in [-0.15, -0.1) is 0 Å². The fourth-order valence-electron chi connectivity index (χ4n) is 2.33. The van der Waals surface area contributed by atoms with Crippen molar-refractivity contribution in [2.24, 2.45) is 0 Å². The molecule has 3 N–H and O–H groups in total. The second-order valence-electron chi connectivity index (χ2n) is 5.93. The van der Waals surface area contributed by atoms with Crippen LogP contribution in [-0.4, -0.2) is 26.9 Å². The molecule has 0 aliphatic rings. The highest BCUT2D eigenvalue weighted by molar-refractivity contribution is 8.00. The summed E-state index contributed by atoms with van der Waals surface area (Å²) in [6, 6.07) is 5.08. The van der Waals surface area contributed by atoms with Crippen LogP contribution in [0.3, 0.4) is 0 Å². The van der Waals surface area contributed by atoms with Gasteiger partial charge in [0, 0.05) is 24.2 Å². The number of nitrogens with zero attached hydrogens (tertiary/aromatic N) is 3. The molecule has 0 unspecified atom stereocenters. The molecule has 0 aliphatic heterocycles. The maximum atomic E-state index is 14.5. The van der Waals surface area contributed by atoms with Gasteiger partial charge < -0.3 is 15.2 Å². The van der Waals surface area contributed by atoms with E-state index in [1.807, 2.05) is 0 Å². The van der Waals surface area contributed by atoms with Crippen LogP contribution >= 0.6 is 11.9 Å². The average Bonchev–Trinajstić information content (AvgIpc) is 2.71. The van der Waals surface area contributed by atoms with E-state index in [2.05, 4.69) is 19.7 Å². The van der Waals surface area contributed by atoms with Crippen LogP contribution in [0.25, 0.3) is 11.3 Å². The molecule has 164 valence electrons. The van der Waals surface area contributed by atoms with Crippen molar-refractivity contribution in [2.45, 2.75) is 12.6 Å². The second-order valence-corrected chi connectivity index (χ2v) is 6.83. The van der Waals surface area contributed by atoms with Crippen molar-refractivity contribution < 1.29 is 31.1 Å². The summed E-state index contributed by atoms with van der Waals surface area (Å²) >= 11 is 0.385. The maximum absolute atomic E-state index is 14.5. The number of anilines is 2. The summed E-state index contributed by atoms with van der Waals surface area (Å²) in [5.74, 6) is -6.08. The molecule has 0 fully saturated rings. The fraction of sp³-hybridized carbons (Fsp3) is 0.167. The summed E-state index contributed by atoms with van der Waals surface area (Å²) in [6.45, 7) is 0. The van der Waals surface area contributed by atoms with Crippen LogP contribution in [0.5, 0.6) is 11.6 Å². The third kappa shape index (κ3) is 5.69. The standard InChI is InChI=1S/C18H13F6N5OS/c19-10-8-12(13(20)14(21)15(10)29-31-7-4-18(22,23)24)30-16-9(2-1-5-26-16)11-3-6-27-17(25)28-11/h1-3,5-6,8,29H,4,7H2,(H2,25,27,28). The highest BCUT2D eigenvalue weighted by Gasteiger charge is 2.27. The Hall–Kier alpha value is -3.22. The van der Waals surface area contributed by atoms with Crippen molar-refractivity contribution in [3.63, 3.8) is 0 Å². The summed E-state index contributed by atoms with van der Waals surface area (Å²) in [7, 11) is 0. The van der Waals surface area contributed by atoms with Gasteiger partial charge in [0.05, 0.1) is 17.7 Å². The van der Waals surface area contributed by atoms with Crippen LogP contribution in [0.4, 0.5) is 38.0 Å². The van der Waals surface area contributed by atoms with E-state index in [1.54, 1.807) is 0 Å². The SMILES string of the molecule is Nc1nccc(-c2cccnc2Oc2cc(F)c(NSCCC(F)(F)F)c(F)c2F)n1. The van der Waals surface area contributed by atoms with E-state index in [0.29, 0.717) is 18.0 Å². The van der Waals surface area contributed by atoms with Crippen LogP contribution in [0.15, 0.2) is 36.7 Å². The number of ether oxygens (including phenoxy) is 1. The molecule has 6 nitrogen and oxygen atoms in total. The Labute approximate surface area is 176 Å².